The van der Waals surface area contributed by atoms with Crippen LogP contribution in [0.3, 0.4) is 0 Å². The SMILES string of the molecule is CC1CNCCN1C(=O)Cc1csc(-c2ccc(Cl)cc2Cl)n1. The first kappa shape index (κ1) is 16.7. The van der Waals surface area contributed by atoms with Gasteiger partial charge in [-0.3, -0.25) is 4.79 Å². The second kappa shape index (κ2) is 7.18. The summed E-state index contributed by atoms with van der Waals surface area (Å²) in [6.45, 7) is 4.50. The van der Waals surface area contributed by atoms with Crippen molar-refractivity contribution in [2.24, 2.45) is 0 Å². The molecule has 0 bridgehead atoms. The average molecular weight is 370 g/mol. The number of amides is 1. The molecule has 1 saturated heterocycles. The highest BCUT2D eigenvalue weighted by molar-refractivity contribution is 7.13. The molecule has 1 unspecified atom stereocenters. The molecule has 1 N–H and O–H groups in total. The van der Waals surface area contributed by atoms with Crippen molar-refractivity contribution in [1.82, 2.24) is 15.2 Å². The molecular formula is C16H17Cl2N3OS. The van der Waals surface area contributed by atoms with Crippen LogP contribution in [-0.4, -0.2) is 41.5 Å². The first-order valence-corrected chi connectivity index (χ1v) is 9.08. The average Bonchev–Trinajstić information content (AvgIpc) is 2.95. The molecule has 0 saturated carbocycles. The van der Waals surface area contributed by atoms with E-state index in [4.69, 9.17) is 23.2 Å². The Kier molecular flexibility index (Phi) is 5.21. The van der Waals surface area contributed by atoms with Gasteiger partial charge in [0.2, 0.25) is 5.91 Å². The number of nitrogens with one attached hydrogen (secondary N) is 1. The molecule has 1 atom stereocenters. The highest BCUT2D eigenvalue weighted by Crippen LogP contribution is 2.32. The Hall–Kier alpha value is -1.14. The summed E-state index contributed by atoms with van der Waals surface area (Å²) in [5.41, 5.74) is 1.63. The van der Waals surface area contributed by atoms with E-state index in [0.717, 1.165) is 35.9 Å². The van der Waals surface area contributed by atoms with E-state index in [2.05, 4.69) is 17.2 Å². The van der Waals surface area contributed by atoms with Crippen molar-refractivity contribution in [3.05, 3.63) is 39.3 Å². The number of benzene rings is 1. The molecule has 122 valence electrons. The number of rotatable bonds is 3. The Bertz CT molecular complexity index is 719. The van der Waals surface area contributed by atoms with E-state index in [1.807, 2.05) is 16.3 Å². The van der Waals surface area contributed by atoms with Gasteiger partial charge < -0.3 is 10.2 Å². The summed E-state index contributed by atoms with van der Waals surface area (Å²) in [6, 6.07) is 5.57. The van der Waals surface area contributed by atoms with Crippen molar-refractivity contribution in [2.75, 3.05) is 19.6 Å². The summed E-state index contributed by atoms with van der Waals surface area (Å²) >= 11 is 13.6. The van der Waals surface area contributed by atoms with Crippen LogP contribution in [0.4, 0.5) is 0 Å². The molecule has 1 aromatic carbocycles. The molecule has 0 spiro atoms. The Labute approximate surface area is 149 Å². The highest BCUT2D eigenvalue weighted by Gasteiger charge is 2.23. The van der Waals surface area contributed by atoms with Crippen LogP contribution >= 0.6 is 34.5 Å². The van der Waals surface area contributed by atoms with Crippen LogP contribution in [0.15, 0.2) is 23.6 Å². The van der Waals surface area contributed by atoms with Crippen LogP contribution in [0.5, 0.6) is 0 Å². The molecular weight excluding hydrogens is 353 g/mol. The van der Waals surface area contributed by atoms with Gasteiger partial charge >= 0.3 is 0 Å². The van der Waals surface area contributed by atoms with Crippen molar-refractivity contribution in [3.8, 4) is 10.6 Å². The Balaban J connectivity index is 1.73. The van der Waals surface area contributed by atoms with Crippen LogP contribution in [-0.2, 0) is 11.2 Å². The molecule has 1 amide bonds. The van der Waals surface area contributed by atoms with E-state index in [0.29, 0.717) is 16.5 Å². The quantitative estimate of drug-likeness (QED) is 0.900. The van der Waals surface area contributed by atoms with Crippen molar-refractivity contribution < 1.29 is 4.79 Å². The van der Waals surface area contributed by atoms with Gasteiger partial charge in [-0.1, -0.05) is 23.2 Å². The number of hydrogen-bond donors (Lipinski definition) is 1. The first-order valence-electron chi connectivity index (χ1n) is 7.44. The smallest absolute Gasteiger partial charge is 0.228 e. The minimum Gasteiger partial charge on any atom is -0.337 e. The molecule has 0 radical (unpaired) electrons. The molecule has 3 rings (SSSR count). The van der Waals surface area contributed by atoms with Gasteiger partial charge in [0.25, 0.3) is 0 Å². The summed E-state index contributed by atoms with van der Waals surface area (Å²) in [6.07, 6.45) is 0.325. The number of hydrogen-bond acceptors (Lipinski definition) is 4. The molecule has 23 heavy (non-hydrogen) atoms. The van der Waals surface area contributed by atoms with E-state index in [1.165, 1.54) is 11.3 Å². The summed E-state index contributed by atoms with van der Waals surface area (Å²) in [4.78, 5) is 18.9. The van der Waals surface area contributed by atoms with E-state index >= 15 is 0 Å². The van der Waals surface area contributed by atoms with Crippen molar-refractivity contribution in [2.45, 2.75) is 19.4 Å². The third kappa shape index (κ3) is 3.86. The van der Waals surface area contributed by atoms with Crippen LogP contribution in [0.25, 0.3) is 10.6 Å². The molecule has 1 fully saturated rings. The molecule has 4 nitrogen and oxygen atoms in total. The van der Waals surface area contributed by atoms with E-state index in [1.54, 1.807) is 12.1 Å². The molecule has 0 aliphatic carbocycles. The number of nitrogens with zero attached hydrogens (tertiary/aromatic N) is 2. The predicted octanol–water partition coefficient (Wildman–Crippen LogP) is 3.48. The van der Waals surface area contributed by atoms with Crippen LogP contribution in [0, 0.1) is 0 Å². The zero-order chi connectivity index (χ0) is 16.4. The third-order valence-electron chi connectivity index (χ3n) is 3.87. The second-order valence-corrected chi connectivity index (χ2v) is 7.29. The summed E-state index contributed by atoms with van der Waals surface area (Å²) < 4.78 is 0. The molecule has 1 aromatic heterocycles. The van der Waals surface area contributed by atoms with Gasteiger partial charge in [0, 0.05) is 41.6 Å². The Morgan fingerprint density at radius 2 is 2.30 bits per heavy atom. The van der Waals surface area contributed by atoms with Gasteiger partial charge in [-0.05, 0) is 25.1 Å². The predicted molar refractivity (Wildman–Crippen MR) is 95.3 cm³/mol. The summed E-state index contributed by atoms with van der Waals surface area (Å²) in [5.74, 6) is 0.123. The molecule has 7 heteroatoms. The van der Waals surface area contributed by atoms with Crippen molar-refractivity contribution in [1.29, 1.82) is 0 Å². The number of piperazine rings is 1. The highest BCUT2D eigenvalue weighted by atomic mass is 35.5. The lowest BCUT2D eigenvalue weighted by molar-refractivity contribution is -0.133. The molecule has 2 heterocycles. The Morgan fingerprint density at radius 1 is 1.48 bits per heavy atom. The molecule has 1 aliphatic heterocycles. The van der Waals surface area contributed by atoms with E-state index in [-0.39, 0.29) is 11.9 Å². The maximum Gasteiger partial charge on any atom is 0.228 e. The fourth-order valence-corrected chi connectivity index (χ4v) is 4.06. The fraction of sp³-hybridized carbons (Fsp3) is 0.375. The number of aromatic nitrogens is 1. The topological polar surface area (TPSA) is 45.2 Å². The fourth-order valence-electron chi connectivity index (χ4n) is 2.64. The number of carbonyl (C=O) groups excluding carboxylic acids is 1. The lowest BCUT2D eigenvalue weighted by Crippen LogP contribution is -2.52. The third-order valence-corrected chi connectivity index (χ3v) is 5.34. The monoisotopic (exact) mass is 369 g/mol. The maximum absolute atomic E-state index is 12.5. The van der Waals surface area contributed by atoms with Gasteiger partial charge in [-0.2, -0.15) is 0 Å². The zero-order valence-electron chi connectivity index (χ0n) is 12.7. The Morgan fingerprint density at radius 3 is 3.04 bits per heavy atom. The standard InChI is InChI=1S/C16H17Cl2N3OS/c1-10-8-19-4-5-21(10)15(22)7-12-9-23-16(20-12)13-3-2-11(17)6-14(13)18/h2-3,6,9-10,19H,4-5,7-8H2,1H3. The zero-order valence-corrected chi connectivity index (χ0v) is 15.0. The van der Waals surface area contributed by atoms with Gasteiger partial charge in [-0.25, -0.2) is 4.98 Å². The second-order valence-electron chi connectivity index (χ2n) is 5.59. The van der Waals surface area contributed by atoms with Gasteiger partial charge in [0.05, 0.1) is 17.1 Å². The number of carbonyl (C=O) groups is 1. The minimum absolute atomic E-state index is 0.123. The summed E-state index contributed by atoms with van der Waals surface area (Å²) in [7, 11) is 0. The van der Waals surface area contributed by atoms with Crippen LogP contribution in [0.2, 0.25) is 10.0 Å². The normalized spacial score (nSPS) is 18.2. The lowest BCUT2D eigenvalue weighted by Gasteiger charge is -2.33. The first-order chi connectivity index (χ1) is 11.0. The van der Waals surface area contributed by atoms with E-state index in [9.17, 15) is 4.79 Å². The minimum atomic E-state index is 0.123. The molecule has 1 aliphatic rings. The number of halogens is 2. The summed E-state index contributed by atoms with van der Waals surface area (Å²) in [5, 5.41) is 7.18. The largest absolute Gasteiger partial charge is 0.337 e. The maximum atomic E-state index is 12.5. The van der Waals surface area contributed by atoms with Gasteiger partial charge in [-0.15, -0.1) is 11.3 Å². The van der Waals surface area contributed by atoms with Crippen LogP contribution in [0.1, 0.15) is 12.6 Å². The van der Waals surface area contributed by atoms with Gasteiger partial charge in [0.15, 0.2) is 0 Å². The van der Waals surface area contributed by atoms with E-state index < -0.39 is 0 Å². The van der Waals surface area contributed by atoms with Crippen molar-refractivity contribution in [3.63, 3.8) is 0 Å². The van der Waals surface area contributed by atoms with Gasteiger partial charge in [0.1, 0.15) is 5.01 Å². The lowest BCUT2D eigenvalue weighted by atomic mass is 10.2. The van der Waals surface area contributed by atoms with Crippen molar-refractivity contribution >= 4 is 40.4 Å². The molecule has 2 aromatic rings. The van der Waals surface area contributed by atoms with Crippen LogP contribution < -0.4 is 5.32 Å². The number of thiazole rings is 1.